The van der Waals surface area contributed by atoms with E-state index in [1.54, 1.807) is 18.3 Å². The molecule has 38 heavy (non-hydrogen) atoms. The van der Waals surface area contributed by atoms with E-state index in [-0.39, 0.29) is 41.2 Å². The van der Waals surface area contributed by atoms with E-state index in [9.17, 15) is 13.2 Å². The number of nitrogens with zero attached hydrogens (tertiary/aromatic N) is 5. The fourth-order valence-corrected chi connectivity index (χ4v) is 5.10. The lowest BCUT2D eigenvalue weighted by molar-refractivity contribution is 0.143. The van der Waals surface area contributed by atoms with Crippen molar-refractivity contribution in [2.75, 3.05) is 18.0 Å². The molecule has 0 bridgehead atoms. The van der Waals surface area contributed by atoms with Crippen LogP contribution in [-0.2, 0) is 26.1 Å². The van der Waals surface area contributed by atoms with Gasteiger partial charge in [0.15, 0.2) is 5.82 Å². The van der Waals surface area contributed by atoms with Gasteiger partial charge in [-0.2, -0.15) is 0 Å². The summed E-state index contributed by atoms with van der Waals surface area (Å²) in [7, 11) is -3.12. The second-order valence-electron chi connectivity index (χ2n) is 8.64. The number of aromatic nitrogens is 4. The summed E-state index contributed by atoms with van der Waals surface area (Å²) in [5.74, 6) is -0.223. The van der Waals surface area contributed by atoms with Crippen LogP contribution in [0.2, 0.25) is 0 Å². The zero-order valence-corrected chi connectivity index (χ0v) is 22.0. The number of ether oxygens (including phenoxy) is 2. The highest BCUT2D eigenvalue weighted by Gasteiger charge is 2.37. The Kier molecular flexibility index (Phi) is 8.39. The van der Waals surface area contributed by atoms with E-state index in [0.717, 1.165) is 11.3 Å². The molecule has 0 aliphatic heterocycles. The van der Waals surface area contributed by atoms with Crippen molar-refractivity contribution in [1.82, 2.24) is 19.9 Å². The predicted molar refractivity (Wildman–Crippen MR) is 141 cm³/mol. The molecule has 0 N–H and O–H groups in total. The van der Waals surface area contributed by atoms with E-state index in [1.165, 1.54) is 37.8 Å². The number of pyridine rings is 2. The second-order valence-corrected chi connectivity index (χ2v) is 10.4. The van der Waals surface area contributed by atoms with Gasteiger partial charge in [-0.1, -0.05) is 44.2 Å². The van der Waals surface area contributed by atoms with Crippen LogP contribution in [0, 0.1) is 5.92 Å². The Bertz CT molecular complexity index is 1500. The van der Waals surface area contributed by atoms with Crippen molar-refractivity contribution < 1.29 is 22.7 Å². The Balaban J connectivity index is 1.81. The van der Waals surface area contributed by atoms with Crippen molar-refractivity contribution in [2.45, 2.75) is 25.3 Å². The Morgan fingerprint density at radius 2 is 1.58 bits per heavy atom. The highest BCUT2D eigenvalue weighted by Crippen LogP contribution is 2.32. The summed E-state index contributed by atoms with van der Waals surface area (Å²) in [6, 6.07) is 15.6. The summed E-state index contributed by atoms with van der Waals surface area (Å²) in [5.41, 5.74) is 2.50. The molecule has 0 unspecified atom stereocenters. The van der Waals surface area contributed by atoms with Crippen LogP contribution in [0.5, 0.6) is 0 Å². The number of amides is 1. The van der Waals surface area contributed by atoms with Crippen molar-refractivity contribution in [2.24, 2.45) is 5.92 Å². The highest BCUT2D eigenvalue weighted by molar-refractivity contribution is 7.93. The van der Waals surface area contributed by atoms with Crippen LogP contribution in [-0.4, -0.2) is 48.2 Å². The molecular weight excluding hydrogens is 506 g/mol. The molecule has 0 saturated heterocycles. The molecule has 0 aliphatic rings. The monoisotopic (exact) mass is 533 g/mol. The average molecular weight is 534 g/mol. The van der Waals surface area contributed by atoms with Crippen LogP contribution >= 0.6 is 0 Å². The minimum atomic E-state index is -4.56. The zero-order chi connectivity index (χ0) is 27.1. The first-order chi connectivity index (χ1) is 18.3. The lowest BCUT2D eigenvalue weighted by Crippen LogP contribution is -2.39. The van der Waals surface area contributed by atoms with Crippen LogP contribution in [0.1, 0.15) is 19.5 Å². The standard InChI is InChI=1S/C27H27N5O5S/c1-19(2)17-37-27(33)32(26-23(18-36-3)29-15-16-31-26)38(34,35)24-8-6-14-30-25(24)21-11-9-20(10-12-21)22-7-4-5-13-28-22/h4-16,19H,17-18H2,1-3H3. The molecule has 1 amide bonds. The summed E-state index contributed by atoms with van der Waals surface area (Å²) in [4.78, 5) is 30.1. The number of benzene rings is 1. The molecule has 0 radical (unpaired) electrons. The first-order valence-corrected chi connectivity index (χ1v) is 13.2. The molecule has 10 nitrogen and oxygen atoms in total. The number of carbonyl (C=O) groups excluding carboxylic acids is 1. The SMILES string of the molecule is COCc1nccnc1N(C(=O)OCC(C)C)S(=O)(=O)c1cccnc1-c1ccc(-c2ccccn2)cc1. The minimum Gasteiger partial charge on any atom is -0.448 e. The summed E-state index contributed by atoms with van der Waals surface area (Å²) in [6.45, 7) is 3.64. The first-order valence-electron chi connectivity index (χ1n) is 11.8. The molecule has 0 saturated carbocycles. The van der Waals surface area contributed by atoms with Gasteiger partial charge in [0, 0.05) is 43.0 Å². The number of hydrogen-bond donors (Lipinski definition) is 0. The molecule has 3 aromatic heterocycles. The molecular formula is C27H27N5O5S. The van der Waals surface area contributed by atoms with Gasteiger partial charge >= 0.3 is 6.09 Å². The van der Waals surface area contributed by atoms with E-state index in [0.29, 0.717) is 9.87 Å². The fourth-order valence-electron chi connectivity index (χ4n) is 3.61. The lowest BCUT2D eigenvalue weighted by atomic mass is 10.1. The summed E-state index contributed by atoms with van der Waals surface area (Å²) in [5, 5.41) is 0. The van der Waals surface area contributed by atoms with Gasteiger partial charge in [-0.3, -0.25) is 15.0 Å². The molecule has 0 fully saturated rings. The maximum Gasteiger partial charge on any atom is 0.430 e. The predicted octanol–water partition coefficient (Wildman–Crippen LogP) is 4.73. The molecule has 4 rings (SSSR count). The third-order valence-corrected chi connectivity index (χ3v) is 7.03. The van der Waals surface area contributed by atoms with Gasteiger partial charge in [-0.05, 0) is 30.2 Å². The van der Waals surface area contributed by atoms with Crippen LogP contribution < -0.4 is 4.31 Å². The summed E-state index contributed by atoms with van der Waals surface area (Å²) in [6.07, 6.45) is 4.77. The van der Waals surface area contributed by atoms with Gasteiger partial charge in [-0.25, -0.2) is 18.2 Å². The Hall–Kier alpha value is -4.22. The van der Waals surface area contributed by atoms with E-state index in [2.05, 4.69) is 19.9 Å². The third-order valence-electron chi connectivity index (χ3n) is 5.34. The second kappa shape index (κ2) is 11.9. The number of hydrogen-bond acceptors (Lipinski definition) is 9. The van der Waals surface area contributed by atoms with E-state index >= 15 is 0 Å². The smallest absolute Gasteiger partial charge is 0.430 e. The van der Waals surface area contributed by atoms with Crippen LogP contribution in [0.4, 0.5) is 10.6 Å². The van der Waals surface area contributed by atoms with E-state index < -0.39 is 16.1 Å². The van der Waals surface area contributed by atoms with Crippen molar-refractivity contribution in [3.63, 3.8) is 0 Å². The minimum absolute atomic E-state index is 0.0135. The molecule has 0 aliphatic carbocycles. The first kappa shape index (κ1) is 26.8. The third kappa shape index (κ3) is 5.84. The normalized spacial score (nSPS) is 11.4. The number of carbonyl (C=O) groups is 1. The molecule has 3 heterocycles. The van der Waals surface area contributed by atoms with Gasteiger partial charge in [0.1, 0.15) is 10.6 Å². The van der Waals surface area contributed by atoms with Crippen LogP contribution in [0.15, 0.2) is 84.3 Å². The molecule has 4 aromatic rings. The summed E-state index contributed by atoms with van der Waals surface area (Å²) >= 11 is 0. The van der Waals surface area contributed by atoms with E-state index in [1.807, 2.05) is 44.2 Å². The highest BCUT2D eigenvalue weighted by atomic mass is 32.2. The Morgan fingerprint density at radius 1 is 0.868 bits per heavy atom. The fraction of sp³-hybridized carbons (Fsp3) is 0.222. The molecule has 1 aromatic carbocycles. The molecule has 0 spiro atoms. The van der Waals surface area contributed by atoms with Crippen LogP contribution in [0.3, 0.4) is 0 Å². The molecule has 11 heteroatoms. The number of anilines is 1. The van der Waals surface area contributed by atoms with E-state index in [4.69, 9.17) is 9.47 Å². The Morgan fingerprint density at radius 3 is 2.26 bits per heavy atom. The van der Waals surface area contributed by atoms with Crippen molar-refractivity contribution in [3.05, 3.63) is 85.1 Å². The van der Waals surface area contributed by atoms with Gasteiger partial charge in [0.2, 0.25) is 0 Å². The largest absolute Gasteiger partial charge is 0.448 e. The van der Waals surface area contributed by atoms with Gasteiger partial charge in [0.05, 0.1) is 24.6 Å². The maximum atomic E-state index is 14.1. The van der Waals surface area contributed by atoms with Gasteiger partial charge < -0.3 is 9.47 Å². The van der Waals surface area contributed by atoms with Gasteiger partial charge in [0.25, 0.3) is 10.0 Å². The molecule has 196 valence electrons. The number of sulfonamides is 1. The zero-order valence-electron chi connectivity index (χ0n) is 21.2. The lowest BCUT2D eigenvalue weighted by Gasteiger charge is -2.23. The quantitative estimate of drug-likeness (QED) is 0.300. The van der Waals surface area contributed by atoms with Crippen molar-refractivity contribution in [3.8, 4) is 22.5 Å². The number of rotatable bonds is 9. The van der Waals surface area contributed by atoms with Gasteiger partial charge in [-0.15, -0.1) is 4.31 Å². The maximum absolute atomic E-state index is 14.1. The molecule has 0 atom stereocenters. The van der Waals surface area contributed by atoms with Crippen LogP contribution in [0.25, 0.3) is 22.5 Å². The van der Waals surface area contributed by atoms with Crippen molar-refractivity contribution in [1.29, 1.82) is 0 Å². The van der Waals surface area contributed by atoms with Crippen molar-refractivity contribution >= 4 is 21.9 Å². The number of methoxy groups -OCH3 is 1. The summed E-state index contributed by atoms with van der Waals surface area (Å²) < 4.78 is 39.3. The average Bonchev–Trinajstić information content (AvgIpc) is 2.93. The Labute approximate surface area is 221 Å². The topological polar surface area (TPSA) is 124 Å².